The zero-order valence-electron chi connectivity index (χ0n) is 18.0. The van der Waals surface area contributed by atoms with Gasteiger partial charge in [-0.25, -0.2) is 4.79 Å². The molecule has 0 bridgehead atoms. The van der Waals surface area contributed by atoms with Crippen LogP contribution in [0.1, 0.15) is 18.4 Å². The van der Waals surface area contributed by atoms with Crippen LogP contribution in [0.5, 0.6) is 5.75 Å². The van der Waals surface area contributed by atoms with Gasteiger partial charge >= 0.3 is 12.4 Å². The summed E-state index contributed by atoms with van der Waals surface area (Å²) in [4.78, 5) is 41.6. The third-order valence-electron chi connectivity index (χ3n) is 5.70. The topological polar surface area (TPSA) is 91.0 Å². The summed E-state index contributed by atoms with van der Waals surface area (Å²) in [6, 6.07) is 12.2. The summed E-state index contributed by atoms with van der Waals surface area (Å²) in [6.07, 6.45) is -3.49. The number of nitrogens with zero attached hydrogens (tertiary/aromatic N) is 2. The van der Waals surface area contributed by atoms with Gasteiger partial charge in [-0.05, 0) is 49.2 Å². The monoisotopic (exact) mass is 476 g/mol. The fraction of sp³-hybridized carbons (Fsp3) is 0.348. The number of amides is 4. The first kappa shape index (κ1) is 23.6. The molecule has 2 aromatic carbocycles. The van der Waals surface area contributed by atoms with Gasteiger partial charge < -0.3 is 20.3 Å². The van der Waals surface area contributed by atoms with E-state index in [1.54, 1.807) is 0 Å². The Bertz CT molecular complexity index is 1050. The molecule has 2 aliphatic heterocycles. The van der Waals surface area contributed by atoms with E-state index >= 15 is 0 Å². The van der Waals surface area contributed by atoms with Crippen LogP contribution in [0, 0.1) is 0 Å². The lowest BCUT2D eigenvalue weighted by Gasteiger charge is -2.46. The normalized spacial score (nSPS) is 20.7. The third-order valence-corrected chi connectivity index (χ3v) is 5.70. The first-order chi connectivity index (χ1) is 16.2. The SMILES string of the molecule is O=C(CN1C(=O)N(Cc2ccccc2)C(=O)C2NCCCC21)Nc1ccc(OC(F)(F)F)cc1. The standard InChI is InChI=1S/C23H23F3N4O4/c24-23(25,26)34-17-10-8-16(9-11-17)28-19(31)14-29-18-7-4-12-27-20(18)21(32)30(22(29)33)13-15-5-2-1-3-6-15/h1-3,5-6,8-11,18,20,27H,4,7,12-14H2,(H,28,31). The van der Waals surface area contributed by atoms with Crippen LogP contribution in [0.3, 0.4) is 0 Å². The molecule has 4 rings (SSSR count). The molecule has 0 aromatic heterocycles. The van der Waals surface area contributed by atoms with E-state index < -0.39 is 36.1 Å². The highest BCUT2D eigenvalue weighted by molar-refractivity contribution is 6.02. The van der Waals surface area contributed by atoms with Gasteiger partial charge in [0.1, 0.15) is 18.3 Å². The van der Waals surface area contributed by atoms with E-state index in [-0.39, 0.29) is 24.7 Å². The Hall–Kier alpha value is -3.60. The molecule has 0 spiro atoms. The zero-order chi connectivity index (χ0) is 24.3. The number of anilines is 1. The Morgan fingerprint density at radius 2 is 1.79 bits per heavy atom. The van der Waals surface area contributed by atoms with E-state index in [2.05, 4.69) is 15.4 Å². The fourth-order valence-electron chi connectivity index (χ4n) is 4.21. The van der Waals surface area contributed by atoms with Gasteiger partial charge in [0.25, 0.3) is 0 Å². The summed E-state index contributed by atoms with van der Waals surface area (Å²) in [7, 11) is 0. The first-order valence-corrected chi connectivity index (χ1v) is 10.8. The fourth-order valence-corrected chi connectivity index (χ4v) is 4.21. The quantitative estimate of drug-likeness (QED) is 0.669. The summed E-state index contributed by atoms with van der Waals surface area (Å²) in [6.45, 7) is 0.413. The largest absolute Gasteiger partial charge is 0.573 e. The molecule has 2 aromatic rings. The van der Waals surface area contributed by atoms with Crippen molar-refractivity contribution in [1.29, 1.82) is 0 Å². The molecule has 0 saturated carbocycles. The lowest BCUT2D eigenvalue weighted by atomic mass is 9.93. The third kappa shape index (κ3) is 5.48. The highest BCUT2D eigenvalue weighted by Gasteiger charge is 2.47. The molecule has 11 heteroatoms. The summed E-state index contributed by atoms with van der Waals surface area (Å²) in [5.41, 5.74) is 1.03. The lowest BCUT2D eigenvalue weighted by molar-refractivity contribution is -0.274. The maximum absolute atomic E-state index is 13.3. The van der Waals surface area contributed by atoms with Crippen LogP contribution in [-0.2, 0) is 16.1 Å². The molecule has 2 atom stereocenters. The van der Waals surface area contributed by atoms with E-state index in [1.165, 1.54) is 17.0 Å². The number of imide groups is 1. The van der Waals surface area contributed by atoms with Crippen molar-refractivity contribution in [2.45, 2.75) is 37.8 Å². The lowest BCUT2D eigenvalue weighted by Crippen LogP contribution is -2.70. The van der Waals surface area contributed by atoms with E-state index in [0.29, 0.717) is 13.0 Å². The van der Waals surface area contributed by atoms with Crippen LogP contribution in [-0.4, -0.2) is 59.2 Å². The number of carbonyl (C=O) groups is 3. The number of rotatable bonds is 6. The van der Waals surface area contributed by atoms with Crippen molar-refractivity contribution in [3.8, 4) is 5.75 Å². The van der Waals surface area contributed by atoms with Gasteiger partial charge in [0.05, 0.1) is 12.6 Å². The average molecular weight is 476 g/mol. The molecule has 8 nitrogen and oxygen atoms in total. The van der Waals surface area contributed by atoms with Crippen molar-refractivity contribution >= 4 is 23.5 Å². The van der Waals surface area contributed by atoms with Gasteiger partial charge in [0, 0.05) is 5.69 Å². The Labute approximate surface area is 193 Å². The molecule has 180 valence electrons. The van der Waals surface area contributed by atoms with Crippen molar-refractivity contribution in [3.63, 3.8) is 0 Å². The maximum Gasteiger partial charge on any atom is 0.573 e. The van der Waals surface area contributed by atoms with Crippen LogP contribution in [0.4, 0.5) is 23.7 Å². The number of hydrogen-bond acceptors (Lipinski definition) is 5. The van der Waals surface area contributed by atoms with E-state index in [9.17, 15) is 27.6 Å². The minimum atomic E-state index is -4.81. The van der Waals surface area contributed by atoms with Crippen molar-refractivity contribution < 1.29 is 32.3 Å². The van der Waals surface area contributed by atoms with Crippen LogP contribution in [0.15, 0.2) is 54.6 Å². The number of piperidine rings is 1. The predicted molar refractivity (Wildman–Crippen MR) is 116 cm³/mol. The highest BCUT2D eigenvalue weighted by atomic mass is 19.4. The van der Waals surface area contributed by atoms with Crippen LogP contribution >= 0.6 is 0 Å². The van der Waals surface area contributed by atoms with Crippen molar-refractivity contribution in [3.05, 3.63) is 60.2 Å². The number of alkyl halides is 3. The molecule has 2 saturated heterocycles. The second-order valence-electron chi connectivity index (χ2n) is 8.08. The summed E-state index contributed by atoms with van der Waals surface area (Å²) in [5, 5.41) is 5.74. The Morgan fingerprint density at radius 1 is 1.09 bits per heavy atom. The number of benzene rings is 2. The molecule has 2 unspecified atom stereocenters. The van der Waals surface area contributed by atoms with Gasteiger partial charge in [-0.2, -0.15) is 0 Å². The van der Waals surface area contributed by atoms with E-state index in [0.717, 1.165) is 29.0 Å². The Balaban J connectivity index is 1.46. The number of fused-ring (bicyclic) bond motifs is 1. The summed E-state index contributed by atoms with van der Waals surface area (Å²) >= 11 is 0. The number of hydrogen-bond donors (Lipinski definition) is 2. The number of halogens is 3. The second kappa shape index (κ2) is 9.72. The molecular formula is C23H23F3N4O4. The molecule has 4 amide bonds. The number of carbonyl (C=O) groups excluding carboxylic acids is 3. The van der Waals surface area contributed by atoms with Gasteiger partial charge in [-0.3, -0.25) is 14.5 Å². The van der Waals surface area contributed by atoms with Gasteiger partial charge in [-0.15, -0.1) is 13.2 Å². The minimum Gasteiger partial charge on any atom is -0.406 e. The summed E-state index contributed by atoms with van der Waals surface area (Å²) in [5.74, 6) is -1.27. The molecule has 2 fully saturated rings. The summed E-state index contributed by atoms with van der Waals surface area (Å²) < 4.78 is 40.8. The van der Waals surface area contributed by atoms with E-state index in [4.69, 9.17) is 0 Å². The molecular weight excluding hydrogens is 453 g/mol. The molecule has 0 aliphatic carbocycles. The molecule has 0 radical (unpaired) electrons. The molecule has 34 heavy (non-hydrogen) atoms. The first-order valence-electron chi connectivity index (χ1n) is 10.8. The molecule has 2 aliphatic rings. The highest BCUT2D eigenvalue weighted by Crippen LogP contribution is 2.27. The number of ether oxygens (including phenoxy) is 1. The van der Waals surface area contributed by atoms with Gasteiger partial charge in [0.15, 0.2) is 0 Å². The van der Waals surface area contributed by atoms with Crippen LogP contribution in [0.25, 0.3) is 0 Å². The number of urea groups is 1. The maximum atomic E-state index is 13.3. The minimum absolute atomic E-state index is 0.0855. The molecule has 2 N–H and O–H groups in total. The van der Waals surface area contributed by atoms with Crippen LogP contribution < -0.4 is 15.4 Å². The average Bonchev–Trinajstić information content (AvgIpc) is 2.80. The van der Waals surface area contributed by atoms with Gasteiger partial charge in [-0.1, -0.05) is 30.3 Å². The number of nitrogens with one attached hydrogen (secondary N) is 2. The van der Waals surface area contributed by atoms with Crippen molar-refractivity contribution in [2.24, 2.45) is 0 Å². The predicted octanol–water partition coefficient (Wildman–Crippen LogP) is 3.11. The van der Waals surface area contributed by atoms with Crippen molar-refractivity contribution in [2.75, 3.05) is 18.4 Å². The van der Waals surface area contributed by atoms with Gasteiger partial charge in [0.2, 0.25) is 11.8 Å². The van der Waals surface area contributed by atoms with Crippen molar-refractivity contribution in [1.82, 2.24) is 15.1 Å². The Morgan fingerprint density at radius 3 is 2.47 bits per heavy atom. The zero-order valence-corrected chi connectivity index (χ0v) is 18.0. The second-order valence-corrected chi connectivity index (χ2v) is 8.08. The molecule has 2 heterocycles. The van der Waals surface area contributed by atoms with E-state index in [1.807, 2.05) is 30.3 Å². The van der Waals surface area contributed by atoms with Crippen LogP contribution in [0.2, 0.25) is 0 Å². The smallest absolute Gasteiger partial charge is 0.406 e. The Kier molecular flexibility index (Phi) is 6.73.